The SMILES string of the molecule is CCNc1nc(C)cc(N2CC(C)(C)OC(C)(C)C2)n1. The number of nitrogens with one attached hydrogen (secondary N) is 1. The minimum Gasteiger partial charge on any atom is -0.366 e. The summed E-state index contributed by atoms with van der Waals surface area (Å²) in [7, 11) is 0. The maximum atomic E-state index is 6.12. The van der Waals surface area contributed by atoms with Crippen molar-refractivity contribution in [3.8, 4) is 0 Å². The van der Waals surface area contributed by atoms with Gasteiger partial charge in [0.15, 0.2) is 0 Å². The van der Waals surface area contributed by atoms with Crippen molar-refractivity contribution in [1.82, 2.24) is 9.97 Å². The maximum Gasteiger partial charge on any atom is 0.224 e. The zero-order valence-corrected chi connectivity index (χ0v) is 13.4. The van der Waals surface area contributed by atoms with Gasteiger partial charge in [-0.1, -0.05) is 0 Å². The summed E-state index contributed by atoms with van der Waals surface area (Å²) in [5, 5.41) is 3.19. The number of aromatic nitrogens is 2. The highest BCUT2D eigenvalue weighted by Crippen LogP contribution is 2.31. The first kappa shape index (κ1) is 15.0. The number of nitrogens with zero attached hydrogens (tertiary/aromatic N) is 3. The normalized spacial score (nSPS) is 20.8. The van der Waals surface area contributed by atoms with E-state index in [0.29, 0.717) is 5.95 Å². The van der Waals surface area contributed by atoms with Crippen molar-refractivity contribution in [2.75, 3.05) is 29.9 Å². The maximum absolute atomic E-state index is 6.12. The number of morpholine rings is 1. The van der Waals surface area contributed by atoms with E-state index in [1.807, 2.05) is 19.9 Å². The van der Waals surface area contributed by atoms with E-state index in [4.69, 9.17) is 4.74 Å². The second-order valence-electron chi connectivity index (χ2n) is 6.70. The third-order valence-corrected chi connectivity index (χ3v) is 3.20. The minimum atomic E-state index is -0.182. The Morgan fingerprint density at radius 1 is 1.20 bits per heavy atom. The van der Waals surface area contributed by atoms with Crippen LogP contribution in [0, 0.1) is 6.92 Å². The Kier molecular flexibility index (Phi) is 3.91. The van der Waals surface area contributed by atoms with Crippen LogP contribution in [0.5, 0.6) is 0 Å². The number of ether oxygens (including phenoxy) is 1. The topological polar surface area (TPSA) is 50.3 Å². The second-order valence-corrected chi connectivity index (χ2v) is 6.70. The molecule has 1 saturated heterocycles. The van der Waals surface area contributed by atoms with E-state index in [1.54, 1.807) is 0 Å². The van der Waals surface area contributed by atoms with Crippen molar-refractivity contribution in [1.29, 1.82) is 0 Å². The summed E-state index contributed by atoms with van der Waals surface area (Å²) in [5.41, 5.74) is 0.616. The molecule has 0 unspecified atom stereocenters. The van der Waals surface area contributed by atoms with E-state index in [2.05, 4.69) is 47.9 Å². The molecule has 2 rings (SSSR count). The van der Waals surface area contributed by atoms with Crippen molar-refractivity contribution < 1.29 is 4.74 Å². The van der Waals surface area contributed by atoms with Gasteiger partial charge in [-0.05, 0) is 41.5 Å². The molecule has 1 aliphatic rings. The van der Waals surface area contributed by atoms with Crippen LogP contribution >= 0.6 is 0 Å². The fourth-order valence-electron chi connectivity index (χ4n) is 2.90. The van der Waals surface area contributed by atoms with Crippen molar-refractivity contribution in [2.45, 2.75) is 52.7 Å². The molecule has 0 saturated carbocycles. The minimum absolute atomic E-state index is 0.182. The molecule has 0 amide bonds. The van der Waals surface area contributed by atoms with Crippen LogP contribution in [-0.4, -0.2) is 40.8 Å². The fourth-order valence-corrected chi connectivity index (χ4v) is 2.90. The lowest BCUT2D eigenvalue weighted by atomic mass is 9.99. The van der Waals surface area contributed by atoms with Gasteiger partial charge in [0, 0.05) is 31.4 Å². The molecule has 5 heteroatoms. The largest absolute Gasteiger partial charge is 0.366 e. The molecule has 0 radical (unpaired) electrons. The Morgan fingerprint density at radius 3 is 2.35 bits per heavy atom. The predicted molar refractivity (Wildman–Crippen MR) is 82.4 cm³/mol. The highest BCUT2D eigenvalue weighted by atomic mass is 16.5. The molecule has 20 heavy (non-hydrogen) atoms. The summed E-state index contributed by atoms with van der Waals surface area (Å²) in [6.45, 7) is 15.0. The van der Waals surface area contributed by atoms with Gasteiger partial charge in [0.25, 0.3) is 0 Å². The summed E-state index contributed by atoms with van der Waals surface area (Å²) in [4.78, 5) is 11.3. The van der Waals surface area contributed by atoms with Crippen molar-refractivity contribution >= 4 is 11.8 Å². The van der Waals surface area contributed by atoms with E-state index >= 15 is 0 Å². The standard InChI is InChI=1S/C15H26N4O/c1-7-16-13-17-11(2)8-12(18-13)19-9-14(3,4)20-15(5,6)10-19/h8H,7,9-10H2,1-6H3,(H,16,17,18). The van der Waals surface area contributed by atoms with Crippen LogP contribution in [0.1, 0.15) is 40.3 Å². The quantitative estimate of drug-likeness (QED) is 0.921. The highest BCUT2D eigenvalue weighted by molar-refractivity contribution is 5.46. The van der Waals surface area contributed by atoms with Gasteiger partial charge in [-0.25, -0.2) is 4.98 Å². The molecule has 0 bridgehead atoms. The van der Waals surface area contributed by atoms with Crippen LogP contribution in [0.4, 0.5) is 11.8 Å². The van der Waals surface area contributed by atoms with E-state index in [9.17, 15) is 0 Å². The van der Waals surface area contributed by atoms with Crippen LogP contribution < -0.4 is 10.2 Å². The molecule has 2 heterocycles. The fraction of sp³-hybridized carbons (Fsp3) is 0.733. The molecule has 1 fully saturated rings. The number of anilines is 2. The number of aryl methyl sites for hydroxylation is 1. The molecule has 0 aromatic carbocycles. The smallest absolute Gasteiger partial charge is 0.224 e. The first-order valence-electron chi connectivity index (χ1n) is 7.25. The lowest BCUT2D eigenvalue weighted by Gasteiger charge is -2.47. The first-order valence-corrected chi connectivity index (χ1v) is 7.25. The van der Waals surface area contributed by atoms with Crippen LogP contribution in [0.3, 0.4) is 0 Å². The molecule has 1 N–H and O–H groups in total. The van der Waals surface area contributed by atoms with Gasteiger partial charge in [0.05, 0.1) is 11.2 Å². The van der Waals surface area contributed by atoms with Gasteiger partial charge in [-0.15, -0.1) is 0 Å². The van der Waals surface area contributed by atoms with Crippen LogP contribution in [0.15, 0.2) is 6.07 Å². The van der Waals surface area contributed by atoms with Crippen LogP contribution in [0.25, 0.3) is 0 Å². The average molecular weight is 278 g/mol. The number of hydrogen-bond donors (Lipinski definition) is 1. The Morgan fingerprint density at radius 2 is 1.80 bits per heavy atom. The zero-order valence-electron chi connectivity index (χ0n) is 13.4. The Bertz CT molecular complexity index is 469. The van der Waals surface area contributed by atoms with E-state index in [0.717, 1.165) is 31.1 Å². The van der Waals surface area contributed by atoms with E-state index in [1.165, 1.54) is 0 Å². The van der Waals surface area contributed by atoms with Gasteiger partial charge in [0.2, 0.25) is 5.95 Å². The molecule has 1 aliphatic heterocycles. The average Bonchev–Trinajstić information content (AvgIpc) is 2.24. The summed E-state index contributed by atoms with van der Waals surface area (Å²) in [6, 6.07) is 2.04. The van der Waals surface area contributed by atoms with E-state index < -0.39 is 0 Å². The van der Waals surface area contributed by atoms with E-state index in [-0.39, 0.29) is 11.2 Å². The summed E-state index contributed by atoms with van der Waals surface area (Å²) < 4.78 is 6.12. The van der Waals surface area contributed by atoms with Crippen molar-refractivity contribution in [2.24, 2.45) is 0 Å². The summed E-state index contributed by atoms with van der Waals surface area (Å²) >= 11 is 0. The van der Waals surface area contributed by atoms with Gasteiger partial charge < -0.3 is 15.0 Å². The lowest BCUT2D eigenvalue weighted by molar-refractivity contribution is -0.133. The highest BCUT2D eigenvalue weighted by Gasteiger charge is 2.38. The zero-order chi connectivity index (χ0) is 15.0. The molecule has 0 atom stereocenters. The lowest BCUT2D eigenvalue weighted by Crippen LogP contribution is -2.57. The van der Waals surface area contributed by atoms with Crippen molar-refractivity contribution in [3.63, 3.8) is 0 Å². The monoisotopic (exact) mass is 278 g/mol. The van der Waals surface area contributed by atoms with Gasteiger partial charge in [-0.2, -0.15) is 4.98 Å². The van der Waals surface area contributed by atoms with Gasteiger partial charge >= 0.3 is 0 Å². The van der Waals surface area contributed by atoms with Crippen LogP contribution in [-0.2, 0) is 4.74 Å². The third-order valence-electron chi connectivity index (χ3n) is 3.20. The summed E-state index contributed by atoms with van der Waals surface area (Å²) in [5.74, 6) is 1.67. The number of hydrogen-bond acceptors (Lipinski definition) is 5. The first-order chi connectivity index (χ1) is 9.21. The molecule has 1 aromatic rings. The molecular weight excluding hydrogens is 252 g/mol. The number of rotatable bonds is 3. The molecule has 112 valence electrons. The molecule has 0 aliphatic carbocycles. The molecule has 0 spiro atoms. The summed E-state index contributed by atoms with van der Waals surface area (Å²) in [6.07, 6.45) is 0. The Balaban J connectivity index is 2.30. The van der Waals surface area contributed by atoms with Crippen molar-refractivity contribution in [3.05, 3.63) is 11.8 Å². The Labute approximate surface area is 121 Å². The predicted octanol–water partition coefficient (Wildman–Crippen LogP) is 2.61. The van der Waals surface area contributed by atoms with Gasteiger partial charge in [-0.3, -0.25) is 0 Å². The van der Waals surface area contributed by atoms with Crippen LogP contribution in [0.2, 0.25) is 0 Å². The molecule has 1 aromatic heterocycles. The Hall–Kier alpha value is -1.36. The van der Waals surface area contributed by atoms with Gasteiger partial charge in [0.1, 0.15) is 5.82 Å². The molecular formula is C15H26N4O. The third kappa shape index (κ3) is 3.60. The molecule has 5 nitrogen and oxygen atoms in total. The second kappa shape index (κ2) is 5.20.